The molecule has 0 amide bonds. The van der Waals surface area contributed by atoms with Gasteiger partial charge in [-0.2, -0.15) is 0 Å². The SMILES string of the molecule is COc1ccc(-c2c(C)ncnc2-n2cnc3cc(Cl)cc(F)c32)c(Cl)c1. The van der Waals surface area contributed by atoms with Crippen LogP contribution in [0.25, 0.3) is 28.0 Å². The van der Waals surface area contributed by atoms with Crippen LogP contribution in [0.3, 0.4) is 0 Å². The number of halogens is 3. The fourth-order valence-electron chi connectivity index (χ4n) is 3.01. The van der Waals surface area contributed by atoms with Gasteiger partial charge < -0.3 is 4.74 Å². The molecule has 8 heteroatoms. The highest BCUT2D eigenvalue weighted by Crippen LogP contribution is 2.36. The van der Waals surface area contributed by atoms with Crippen LogP contribution in [0.1, 0.15) is 5.69 Å². The Balaban J connectivity index is 2.01. The molecular weight excluding hydrogens is 390 g/mol. The van der Waals surface area contributed by atoms with Gasteiger partial charge in [-0.15, -0.1) is 0 Å². The number of aryl methyl sites for hydroxylation is 1. The lowest BCUT2D eigenvalue weighted by Gasteiger charge is -2.14. The van der Waals surface area contributed by atoms with Crippen LogP contribution in [0.4, 0.5) is 4.39 Å². The largest absolute Gasteiger partial charge is 0.497 e. The summed E-state index contributed by atoms with van der Waals surface area (Å²) >= 11 is 12.4. The normalized spacial score (nSPS) is 11.1. The molecule has 5 nitrogen and oxygen atoms in total. The first-order valence-electron chi connectivity index (χ1n) is 7.97. The molecule has 2 heterocycles. The average molecular weight is 403 g/mol. The Bertz CT molecular complexity index is 1180. The van der Waals surface area contributed by atoms with Crippen molar-refractivity contribution in [3.05, 3.63) is 64.5 Å². The molecule has 2 aromatic heterocycles. The van der Waals surface area contributed by atoms with E-state index in [1.54, 1.807) is 29.9 Å². The summed E-state index contributed by atoms with van der Waals surface area (Å²) in [6.07, 6.45) is 2.93. The molecule has 4 aromatic rings. The van der Waals surface area contributed by atoms with Crippen molar-refractivity contribution >= 4 is 34.2 Å². The molecular formula is C19H13Cl2FN4O. The second kappa shape index (κ2) is 6.79. The number of benzene rings is 2. The lowest BCUT2D eigenvalue weighted by atomic mass is 10.0. The van der Waals surface area contributed by atoms with Crippen LogP contribution in [0, 0.1) is 12.7 Å². The summed E-state index contributed by atoms with van der Waals surface area (Å²) in [6.45, 7) is 1.84. The molecule has 136 valence electrons. The van der Waals surface area contributed by atoms with E-state index in [9.17, 15) is 4.39 Å². The molecule has 0 N–H and O–H groups in total. The van der Waals surface area contributed by atoms with Crippen molar-refractivity contribution in [3.8, 4) is 22.7 Å². The minimum Gasteiger partial charge on any atom is -0.497 e. The van der Waals surface area contributed by atoms with Crippen LogP contribution in [0.2, 0.25) is 10.0 Å². The van der Waals surface area contributed by atoms with Crippen molar-refractivity contribution in [2.45, 2.75) is 6.92 Å². The third-order valence-corrected chi connectivity index (χ3v) is 4.78. The van der Waals surface area contributed by atoms with Gasteiger partial charge in [-0.25, -0.2) is 19.3 Å². The van der Waals surface area contributed by atoms with Crippen molar-refractivity contribution in [2.24, 2.45) is 0 Å². The van der Waals surface area contributed by atoms with E-state index in [1.807, 2.05) is 13.0 Å². The maximum Gasteiger partial charge on any atom is 0.150 e. The molecule has 2 aromatic carbocycles. The van der Waals surface area contributed by atoms with Crippen LogP contribution in [0.5, 0.6) is 5.75 Å². The predicted molar refractivity (Wildman–Crippen MR) is 103 cm³/mol. The van der Waals surface area contributed by atoms with Gasteiger partial charge in [0.05, 0.1) is 23.3 Å². The highest BCUT2D eigenvalue weighted by Gasteiger charge is 2.19. The zero-order chi connectivity index (χ0) is 19.1. The minimum absolute atomic E-state index is 0.280. The molecule has 0 saturated carbocycles. The number of ether oxygens (including phenoxy) is 1. The van der Waals surface area contributed by atoms with Gasteiger partial charge in [0.2, 0.25) is 0 Å². The lowest BCUT2D eigenvalue weighted by molar-refractivity contribution is 0.415. The van der Waals surface area contributed by atoms with E-state index in [4.69, 9.17) is 27.9 Å². The number of methoxy groups -OCH3 is 1. The van der Waals surface area contributed by atoms with E-state index in [0.29, 0.717) is 38.9 Å². The van der Waals surface area contributed by atoms with E-state index < -0.39 is 5.82 Å². The number of hydrogen-bond donors (Lipinski definition) is 0. The van der Waals surface area contributed by atoms with Gasteiger partial charge >= 0.3 is 0 Å². The number of hydrogen-bond acceptors (Lipinski definition) is 4. The monoisotopic (exact) mass is 402 g/mol. The van der Waals surface area contributed by atoms with Crippen LogP contribution in [-0.4, -0.2) is 26.6 Å². The van der Waals surface area contributed by atoms with Gasteiger partial charge in [-0.05, 0) is 37.3 Å². The highest BCUT2D eigenvalue weighted by molar-refractivity contribution is 6.33. The first-order valence-corrected chi connectivity index (χ1v) is 8.73. The molecule has 0 aliphatic rings. The van der Waals surface area contributed by atoms with Crippen LogP contribution < -0.4 is 4.74 Å². The van der Waals surface area contributed by atoms with Crippen molar-refractivity contribution in [1.29, 1.82) is 0 Å². The maximum absolute atomic E-state index is 14.6. The van der Waals surface area contributed by atoms with E-state index in [2.05, 4.69) is 15.0 Å². The van der Waals surface area contributed by atoms with Gasteiger partial charge in [0.1, 0.15) is 29.7 Å². The van der Waals surface area contributed by atoms with E-state index in [-0.39, 0.29) is 10.5 Å². The molecule has 0 atom stereocenters. The van der Waals surface area contributed by atoms with Crippen molar-refractivity contribution in [3.63, 3.8) is 0 Å². The Morgan fingerprint density at radius 3 is 2.63 bits per heavy atom. The molecule has 0 fully saturated rings. The summed E-state index contributed by atoms with van der Waals surface area (Å²) in [5.41, 5.74) is 2.80. The summed E-state index contributed by atoms with van der Waals surface area (Å²) in [7, 11) is 1.57. The second-order valence-electron chi connectivity index (χ2n) is 5.87. The molecule has 27 heavy (non-hydrogen) atoms. The first kappa shape index (κ1) is 17.7. The Hall–Kier alpha value is -2.70. The smallest absolute Gasteiger partial charge is 0.150 e. The molecule has 0 saturated heterocycles. The zero-order valence-electron chi connectivity index (χ0n) is 14.4. The van der Waals surface area contributed by atoms with Gasteiger partial charge in [0.25, 0.3) is 0 Å². The van der Waals surface area contributed by atoms with Gasteiger partial charge in [0.15, 0.2) is 5.82 Å². The summed E-state index contributed by atoms with van der Waals surface area (Å²) < 4.78 is 21.4. The Kier molecular flexibility index (Phi) is 4.45. The summed E-state index contributed by atoms with van der Waals surface area (Å²) in [5.74, 6) is 0.616. The second-order valence-corrected chi connectivity index (χ2v) is 6.72. The number of aromatic nitrogens is 4. The van der Waals surface area contributed by atoms with Gasteiger partial charge in [-0.1, -0.05) is 23.2 Å². The molecule has 0 unspecified atom stereocenters. The number of fused-ring (bicyclic) bond motifs is 1. The van der Waals surface area contributed by atoms with Gasteiger partial charge in [-0.3, -0.25) is 4.57 Å². The number of nitrogens with zero attached hydrogens (tertiary/aromatic N) is 4. The third kappa shape index (κ3) is 3.01. The minimum atomic E-state index is -0.488. The lowest BCUT2D eigenvalue weighted by Crippen LogP contribution is -2.04. The van der Waals surface area contributed by atoms with Crippen molar-refractivity contribution in [2.75, 3.05) is 7.11 Å². The third-order valence-electron chi connectivity index (χ3n) is 4.25. The first-order chi connectivity index (χ1) is 13.0. The fourth-order valence-corrected chi connectivity index (χ4v) is 3.48. The van der Waals surface area contributed by atoms with Gasteiger partial charge in [0, 0.05) is 16.1 Å². The average Bonchev–Trinajstić information content (AvgIpc) is 3.06. The number of imidazole rings is 1. The van der Waals surface area contributed by atoms with E-state index in [1.165, 1.54) is 18.7 Å². The molecule has 0 radical (unpaired) electrons. The van der Waals surface area contributed by atoms with E-state index >= 15 is 0 Å². The fraction of sp³-hybridized carbons (Fsp3) is 0.105. The predicted octanol–water partition coefficient (Wildman–Crippen LogP) is 5.25. The summed E-state index contributed by atoms with van der Waals surface area (Å²) in [6, 6.07) is 8.17. The van der Waals surface area contributed by atoms with Crippen molar-refractivity contribution in [1.82, 2.24) is 19.5 Å². The van der Waals surface area contributed by atoms with Crippen LogP contribution >= 0.6 is 23.2 Å². The van der Waals surface area contributed by atoms with Crippen LogP contribution in [0.15, 0.2) is 43.0 Å². The van der Waals surface area contributed by atoms with Crippen molar-refractivity contribution < 1.29 is 9.13 Å². The topological polar surface area (TPSA) is 52.8 Å². The highest BCUT2D eigenvalue weighted by atomic mass is 35.5. The zero-order valence-corrected chi connectivity index (χ0v) is 15.9. The molecule has 0 spiro atoms. The van der Waals surface area contributed by atoms with E-state index in [0.717, 1.165) is 0 Å². The molecule has 0 aliphatic carbocycles. The number of rotatable bonds is 3. The Morgan fingerprint density at radius 1 is 1.07 bits per heavy atom. The molecule has 0 bridgehead atoms. The van der Waals surface area contributed by atoms with Crippen LogP contribution in [-0.2, 0) is 0 Å². The standard InChI is InChI=1S/C19H13Cl2FN4O/c1-10-17(13-4-3-12(27-2)7-14(13)21)19(24-8-23-10)26-9-25-16-6-11(20)5-15(22)18(16)26/h3-9H,1-2H3. The molecule has 4 rings (SSSR count). The molecule has 0 aliphatic heterocycles. The summed E-state index contributed by atoms with van der Waals surface area (Å²) in [5, 5.41) is 0.754. The maximum atomic E-state index is 14.6. The summed E-state index contributed by atoms with van der Waals surface area (Å²) in [4.78, 5) is 12.9. The Morgan fingerprint density at radius 2 is 1.89 bits per heavy atom. The Labute approximate surface area is 164 Å². The quantitative estimate of drug-likeness (QED) is 0.469.